The van der Waals surface area contributed by atoms with E-state index in [-0.39, 0.29) is 5.82 Å². The minimum absolute atomic E-state index is 0.296. The highest BCUT2D eigenvalue weighted by Gasteiger charge is 2.15. The molecule has 0 amide bonds. The summed E-state index contributed by atoms with van der Waals surface area (Å²) in [6, 6.07) is 4.31. The molecule has 0 spiro atoms. The maximum atomic E-state index is 13.0. The fourth-order valence-corrected chi connectivity index (χ4v) is 2.68. The van der Waals surface area contributed by atoms with Crippen molar-refractivity contribution in [1.29, 1.82) is 0 Å². The molecule has 0 N–H and O–H groups in total. The minimum atomic E-state index is -0.311. The second-order valence-electron chi connectivity index (χ2n) is 4.24. The lowest BCUT2D eigenvalue weighted by molar-refractivity contribution is 0.290. The molecular weight excluding hydrogens is 347 g/mol. The Balaban J connectivity index is 2.20. The molecule has 0 saturated heterocycles. The van der Waals surface area contributed by atoms with Gasteiger partial charge in [0.15, 0.2) is 0 Å². The number of aromatic nitrogens is 2. The lowest BCUT2D eigenvalue weighted by atomic mass is 10.3. The molecule has 20 heavy (non-hydrogen) atoms. The SMILES string of the molecule is CCc1nn(CC)c(COc2ccc(F)cc2Br)c1Cl. The second-order valence-corrected chi connectivity index (χ2v) is 5.47. The average molecular weight is 362 g/mol. The second kappa shape index (κ2) is 6.59. The van der Waals surface area contributed by atoms with E-state index in [1.807, 2.05) is 18.5 Å². The fraction of sp³-hybridized carbons (Fsp3) is 0.357. The van der Waals surface area contributed by atoms with Crippen LogP contribution >= 0.6 is 27.5 Å². The minimum Gasteiger partial charge on any atom is -0.486 e. The van der Waals surface area contributed by atoms with Gasteiger partial charge in [0.1, 0.15) is 18.2 Å². The van der Waals surface area contributed by atoms with E-state index in [0.29, 0.717) is 21.9 Å². The number of hydrogen-bond donors (Lipinski definition) is 0. The van der Waals surface area contributed by atoms with Gasteiger partial charge in [-0.2, -0.15) is 5.10 Å². The van der Waals surface area contributed by atoms with E-state index < -0.39 is 0 Å². The summed E-state index contributed by atoms with van der Waals surface area (Å²) in [6.07, 6.45) is 0.777. The maximum absolute atomic E-state index is 13.0. The number of rotatable bonds is 5. The first-order chi connectivity index (χ1) is 9.56. The third-order valence-electron chi connectivity index (χ3n) is 2.95. The number of ether oxygens (including phenoxy) is 1. The van der Waals surface area contributed by atoms with Gasteiger partial charge in [0.2, 0.25) is 0 Å². The molecule has 1 aromatic carbocycles. The lowest BCUT2D eigenvalue weighted by Gasteiger charge is -2.09. The smallest absolute Gasteiger partial charge is 0.134 e. The Morgan fingerprint density at radius 2 is 2.15 bits per heavy atom. The Hall–Kier alpha value is -1.07. The first kappa shape index (κ1) is 15.3. The van der Waals surface area contributed by atoms with Gasteiger partial charge < -0.3 is 4.74 Å². The molecular formula is C14H15BrClFN2O. The summed E-state index contributed by atoms with van der Waals surface area (Å²) in [5.74, 6) is 0.262. The Bertz CT molecular complexity index is 615. The Kier molecular flexibility index (Phi) is 5.05. The van der Waals surface area contributed by atoms with Gasteiger partial charge in [-0.3, -0.25) is 4.68 Å². The molecule has 0 fully saturated rings. The summed E-state index contributed by atoms with van der Waals surface area (Å²) in [5.41, 5.74) is 1.70. The maximum Gasteiger partial charge on any atom is 0.134 e. The number of hydrogen-bond acceptors (Lipinski definition) is 2. The highest BCUT2D eigenvalue weighted by Crippen LogP contribution is 2.28. The first-order valence-electron chi connectivity index (χ1n) is 6.38. The van der Waals surface area contributed by atoms with Crippen molar-refractivity contribution >= 4 is 27.5 Å². The molecule has 2 aromatic rings. The predicted octanol–water partition coefficient (Wildman–Crippen LogP) is 4.60. The van der Waals surface area contributed by atoms with Crippen LogP contribution in [0.1, 0.15) is 25.2 Å². The molecule has 0 aliphatic rings. The standard InChI is InChI=1S/C14H15BrClFN2O/c1-3-11-14(16)12(19(4-2)18-11)8-20-13-6-5-9(17)7-10(13)15/h5-7H,3-4,8H2,1-2H3. The van der Waals surface area contributed by atoms with Crippen molar-refractivity contribution in [3.63, 3.8) is 0 Å². The Morgan fingerprint density at radius 1 is 1.40 bits per heavy atom. The summed E-state index contributed by atoms with van der Waals surface area (Å²) < 4.78 is 21.1. The largest absolute Gasteiger partial charge is 0.486 e. The van der Waals surface area contributed by atoms with Crippen molar-refractivity contribution in [3.8, 4) is 5.75 Å². The van der Waals surface area contributed by atoms with Crippen LogP contribution in [-0.2, 0) is 19.6 Å². The number of nitrogens with zero attached hydrogens (tertiary/aromatic N) is 2. The fourth-order valence-electron chi connectivity index (χ4n) is 1.89. The molecule has 0 saturated carbocycles. The topological polar surface area (TPSA) is 27.1 Å². The van der Waals surface area contributed by atoms with Gasteiger partial charge in [-0.1, -0.05) is 18.5 Å². The van der Waals surface area contributed by atoms with Crippen LogP contribution in [-0.4, -0.2) is 9.78 Å². The summed E-state index contributed by atoms with van der Waals surface area (Å²) in [5, 5.41) is 5.07. The lowest BCUT2D eigenvalue weighted by Crippen LogP contribution is -2.06. The molecule has 0 aliphatic heterocycles. The van der Waals surface area contributed by atoms with Crippen LogP contribution in [0.2, 0.25) is 5.02 Å². The van der Waals surface area contributed by atoms with E-state index in [1.165, 1.54) is 12.1 Å². The summed E-state index contributed by atoms with van der Waals surface area (Å²) in [7, 11) is 0. The van der Waals surface area contributed by atoms with Gasteiger partial charge in [-0.25, -0.2) is 4.39 Å². The highest BCUT2D eigenvalue weighted by atomic mass is 79.9. The third kappa shape index (κ3) is 3.15. The number of benzene rings is 1. The van der Waals surface area contributed by atoms with Crippen LogP contribution in [0.5, 0.6) is 5.75 Å². The van der Waals surface area contributed by atoms with Crippen LogP contribution in [0.25, 0.3) is 0 Å². The Morgan fingerprint density at radius 3 is 2.75 bits per heavy atom. The molecule has 0 atom stereocenters. The highest BCUT2D eigenvalue weighted by molar-refractivity contribution is 9.10. The summed E-state index contributed by atoms with van der Waals surface area (Å²) in [6.45, 7) is 5.03. The predicted molar refractivity (Wildman–Crippen MR) is 80.7 cm³/mol. The molecule has 3 nitrogen and oxygen atoms in total. The van der Waals surface area contributed by atoms with Crippen LogP contribution in [0.15, 0.2) is 22.7 Å². The van der Waals surface area contributed by atoms with Gasteiger partial charge in [-0.15, -0.1) is 0 Å². The van der Waals surface area contributed by atoms with E-state index in [4.69, 9.17) is 16.3 Å². The van der Waals surface area contributed by atoms with Gasteiger partial charge in [0.25, 0.3) is 0 Å². The molecule has 0 bridgehead atoms. The molecule has 1 heterocycles. The van der Waals surface area contributed by atoms with Gasteiger partial charge >= 0.3 is 0 Å². The molecule has 108 valence electrons. The zero-order chi connectivity index (χ0) is 14.7. The Labute approximate surface area is 130 Å². The normalized spacial score (nSPS) is 10.8. The molecule has 6 heteroatoms. The molecule has 0 radical (unpaired) electrons. The van der Waals surface area contributed by atoms with E-state index in [9.17, 15) is 4.39 Å². The average Bonchev–Trinajstić information content (AvgIpc) is 2.74. The van der Waals surface area contributed by atoms with Gasteiger partial charge in [0.05, 0.1) is 20.9 Å². The zero-order valence-electron chi connectivity index (χ0n) is 11.3. The molecule has 2 rings (SSSR count). The third-order valence-corrected chi connectivity index (χ3v) is 4.01. The van der Waals surface area contributed by atoms with Gasteiger partial charge in [0, 0.05) is 6.54 Å². The van der Waals surface area contributed by atoms with Crippen LogP contribution in [0.3, 0.4) is 0 Å². The number of aryl methyl sites for hydroxylation is 2. The first-order valence-corrected chi connectivity index (χ1v) is 7.55. The zero-order valence-corrected chi connectivity index (χ0v) is 13.6. The van der Waals surface area contributed by atoms with E-state index >= 15 is 0 Å². The van der Waals surface area contributed by atoms with E-state index in [1.54, 1.807) is 6.07 Å². The quantitative estimate of drug-likeness (QED) is 0.778. The monoisotopic (exact) mass is 360 g/mol. The van der Waals surface area contributed by atoms with Crippen molar-refractivity contribution in [3.05, 3.63) is 44.9 Å². The van der Waals surface area contributed by atoms with Crippen molar-refractivity contribution in [1.82, 2.24) is 9.78 Å². The van der Waals surface area contributed by atoms with Crippen molar-refractivity contribution < 1.29 is 9.13 Å². The van der Waals surface area contributed by atoms with Crippen molar-refractivity contribution in [2.24, 2.45) is 0 Å². The van der Waals surface area contributed by atoms with Crippen molar-refractivity contribution in [2.75, 3.05) is 0 Å². The van der Waals surface area contributed by atoms with Crippen LogP contribution < -0.4 is 4.74 Å². The van der Waals surface area contributed by atoms with E-state index in [0.717, 1.165) is 24.4 Å². The van der Waals surface area contributed by atoms with Gasteiger partial charge in [-0.05, 0) is 47.5 Å². The number of halogens is 3. The van der Waals surface area contributed by atoms with E-state index in [2.05, 4.69) is 21.0 Å². The molecule has 1 aromatic heterocycles. The van der Waals surface area contributed by atoms with Crippen LogP contribution in [0, 0.1) is 5.82 Å². The summed E-state index contributed by atoms with van der Waals surface area (Å²) in [4.78, 5) is 0. The molecule has 0 unspecified atom stereocenters. The summed E-state index contributed by atoms with van der Waals surface area (Å²) >= 11 is 9.58. The van der Waals surface area contributed by atoms with Crippen molar-refractivity contribution in [2.45, 2.75) is 33.4 Å². The van der Waals surface area contributed by atoms with Crippen LogP contribution in [0.4, 0.5) is 4.39 Å². The molecule has 0 aliphatic carbocycles.